The summed E-state index contributed by atoms with van der Waals surface area (Å²) in [5.74, 6) is 0.694. The molecule has 0 aliphatic carbocycles. The van der Waals surface area contributed by atoms with Crippen molar-refractivity contribution in [1.29, 1.82) is 0 Å². The molecule has 1 aromatic carbocycles. The minimum atomic E-state index is -0.101. The molecule has 1 heterocycles. The number of benzene rings is 1. The molecule has 0 aliphatic rings. The summed E-state index contributed by atoms with van der Waals surface area (Å²) >= 11 is 1.38. The third-order valence-electron chi connectivity index (χ3n) is 3.14. The summed E-state index contributed by atoms with van der Waals surface area (Å²) in [6.07, 6.45) is 1.61. The highest BCUT2D eigenvalue weighted by Crippen LogP contribution is 2.26. The number of nitrogens with zero attached hydrogens (tertiary/aromatic N) is 1. The molecule has 0 saturated carbocycles. The van der Waals surface area contributed by atoms with Crippen LogP contribution < -0.4 is 15.4 Å². The summed E-state index contributed by atoms with van der Waals surface area (Å²) < 4.78 is 10.1. The fourth-order valence-electron chi connectivity index (χ4n) is 1.90. The molecule has 0 atom stereocenters. The lowest BCUT2D eigenvalue weighted by Crippen LogP contribution is -2.32. The van der Waals surface area contributed by atoms with Gasteiger partial charge in [0.05, 0.1) is 19.9 Å². The van der Waals surface area contributed by atoms with E-state index >= 15 is 0 Å². The summed E-state index contributed by atoms with van der Waals surface area (Å²) in [4.78, 5) is 17.0. The molecule has 6 nitrogen and oxygen atoms in total. The largest absolute Gasteiger partial charge is 0.497 e. The van der Waals surface area contributed by atoms with Gasteiger partial charge in [-0.3, -0.25) is 4.79 Å². The molecular weight excluding hydrogens is 350 g/mol. The van der Waals surface area contributed by atoms with E-state index in [9.17, 15) is 4.79 Å². The molecule has 24 heavy (non-hydrogen) atoms. The summed E-state index contributed by atoms with van der Waals surface area (Å²) in [5.41, 5.74) is 0.969. The molecule has 2 aromatic rings. The quantitative estimate of drug-likeness (QED) is 0.661. The van der Waals surface area contributed by atoms with Crippen molar-refractivity contribution in [3.05, 3.63) is 35.3 Å². The smallest absolute Gasteiger partial charge is 0.263 e. The van der Waals surface area contributed by atoms with Crippen LogP contribution in [-0.2, 0) is 4.74 Å². The summed E-state index contributed by atoms with van der Waals surface area (Å²) in [6.45, 7) is 2.71. The van der Waals surface area contributed by atoms with Crippen molar-refractivity contribution in [2.75, 3.05) is 40.5 Å². The monoisotopic (exact) mass is 371 g/mol. The Kier molecular flexibility index (Phi) is 9.33. The van der Waals surface area contributed by atoms with Crippen molar-refractivity contribution in [3.63, 3.8) is 0 Å². The first-order chi connectivity index (χ1) is 11.2. The van der Waals surface area contributed by atoms with Gasteiger partial charge in [-0.2, -0.15) is 0 Å². The number of methoxy groups -OCH3 is 2. The predicted octanol–water partition coefficient (Wildman–Crippen LogP) is 2.21. The minimum Gasteiger partial charge on any atom is -0.497 e. The molecule has 1 amide bonds. The molecular formula is C16H22ClN3O3S. The molecule has 2 rings (SSSR count). The average molecular weight is 372 g/mol. The molecule has 0 radical (unpaired) electrons. The molecule has 1 aromatic heterocycles. The Labute approximate surface area is 152 Å². The number of nitrogens with one attached hydrogen (secondary N) is 2. The first-order valence-electron chi connectivity index (χ1n) is 7.32. The minimum absolute atomic E-state index is 0. The predicted molar refractivity (Wildman–Crippen MR) is 98.4 cm³/mol. The van der Waals surface area contributed by atoms with Crippen molar-refractivity contribution < 1.29 is 14.3 Å². The van der Waals surface area contributed by atoms with Crippen molar-refractivity contribution in [1.82, 2.24) is 15.6 Å². The number of amides is 1. The Morgan fingerprint density at radius 3 is 2.58 bits per heavy atom. The Morgan fingerprint density at radius 2 is 1.92 bits per heavy atom. The van der Waals surface area contributed by atoms with Crippen LogP contribution >= 0.6 is 23.7 Å². The fourth-order valence-corrected chi connectivity index (χ4v) is 2.73. The third kappa shape index (κ3) is 6.09. The number of hydrogen-bond acceptors (Lipinski definition) is 6. The number of carbonyl (C=O) groups is 1. The number of rotatable bonds is 9. The van der Waals surface area contributed by atoms with Crippen LogP contribution in [0.5, 0.6) is 5.75 Å². The average Bonchev–Trinajstić information content (AvgIpc) is 3.08. The highest BCUT2D eigenvalue weighted by atomic mass is 35.5. The Hall–Kier alpha value is -1.67. The Bertz CT molecular complexity index is 619. The first kappa shape index (κ1) is 20.4. The number of ether oxygens (including phenoxy) is 2. The molecule has 0 unspecified atom stereocenters. The third-order valence-corrected chi connectivity index (χ3v) is 4.18. The lowest BCUT2D eigenvalue weighted by molar-refractivity contribution is 0.0957. The van der Waals surface area contributed by atoms with E-state index in [0.717, 1.165) is 22.9 Å². The molecule has 0 bridgehead atoms. The van der Waals surface area contributed by atoms with Gasteiger partial charge in [-0.1, -0.05) is 0 Å². The number of aromatic nitrogens is 1. The van der Waals surface area contributed by atoms with Gasteiger partial charge >= 0.3 is 0 Å². The van der Waals surface area contributed by atoms with Crippen molar-refractivity contribution in [3.8, 4) is 16.3 Å². The highest BCUT2D eigenvalue weighted by Gasteiger charge is 2.11. The second kappa shape index (κ2) is 11.0. The lowest BCUT2D eigenvalue weighted by Gasteiger charge is -2.05. The molecule has 2 N–H and O–H groups in total. The van der Waals surface area contributed by atoms with Crippen LogP contribution in [0.25, 0.3) is 10.6 Å². The zero-order valence-corrected chi connectivity index (χ0v) is 15.3. The standard InChI is InChI=1S/C16H21N3O3S.ClH/c1-21-10-9-17-7-8-18-15(20)14-11-19-16(23-14)12-3-5-13(22-2)6-4-12;/h3-6,11,17H,7-10H2,1-2H3,(H,18,20);1H. The van der Waals surface area contributed by atoms with E-state index in [1.807, 2.05) is 24.3 Å². The SMILES string of the molecule is COCCNCCNC(=O)c1cnc(-c2ccc(OC)cc2)s1.Cl. The fraction of sp³-hybridized carbons (Fsp3) is 0.375. The van der Waals surface area contributed by atoms with Crippen molar-refractivity contribution in [2.45, 2.75) is 0 Å². The molecule has 0 fully saturated rings. The van der Waals surface area contributed by atoms with E-state index in [0.29, 0.717) is 24.6 Å². The van der Waals surface area contributed by atoms with Gasteiger partial charge < -0.3 is 20.1 Å². The van der Waals surface area contributed by atoms with Crippen LogP contribution in [0.3, 0.4) is 0 Å². The summed E-state index contributed by atoms with van der Waals surface area (Å²) in [6, 6.07) is 7.61. The molecule has 0 aliphatic heterocycles. The molecule has 0 saturated heterocycles. The molecule has 132 valence electrons. The van der Waals surface area contributed by atoms with E-state index in [4.69, 9.17) is 9.47 Å². The van der Waals surface area contributed by atoms with Gasteiger partial charge in [-0.05, 0) is 24.3 Å². The van der Waals surface area contributed by atoms with Crippen LogP contribution in [-0.4, -0.2) is 51.4 Å². The zero-order valence-electron chi connectivity index (χ0n) is 13.7. The molecule has 0 spiro atoms. The number of hydrogen-bond donors (Lipinski definition) is 2. The summed E-state index contributed by atoms with van der Waals surface area (Å²) in [5, 5.41) is 6.85. The van der Waals surface area contributed by atoms with Gasteiger partial charge in [0.1, 0.15) is 15.6 Å². The highest BCUT2D eigenvalue weighted by molar-refractivity contribution is 7.16. The number of halogens is 1. The molecule has 8 heteroatoms. The van der Waals surface area contributed by atoms with Gasteiger partial charge in [0.25, 0.3) is 5.91 Å². The second-order valence-corrected chi connectivity index (χ2v) is 5.79. The van der Waals surface area contributed by atoms with E-state index in [2.05, 4.69) is 15.6 Å². The summed E-state index contributed by atoms with van der Waals surface area (Å²) in [7, 11) is 3.29. The van der Waals surface area contributed by atoms with Gasteiger partial charge in [-0.15, -0.1) is 23.7 Å². The maximum atomic E-state index is 12.1. The van der Waals surface area contributed by atoms with Gasteiger partial charge in [0.2, 0.25) is 0 Å². The van der Waals surface area contributed by atoms with E-state index in [1.54, 1.807) is 20.4 Å². The van der Waals surface area contributed by atoms with E-state index in [-0.39, 0.29) is 18.3 Å². The zero-order chi connectivity index (χ0) is 16.5. The lowest BCUT2D eigenvalue weighted by atomic mass is 10.2. The number of thiazole rings is 1. The van der Waals surface area contributed by atoms with Crippen LogP contribution in [0.1, 0.15) is 9.67 Å². The van der Waals surface area contributed by atoms with Crippen LogP contribution in [0.2, 0.25) is 0 Å². The Balaban J connectivity index is 0.00000288. The van der Waals surface area contributed by atoms with Crippen molar-refractivity contribution in [2.24, 2.45) is 0 Å². The van der Waals surface area contributed by atoms with Crippen LogP contribution in [0.15, 0.2) is 30.5 Å². The number of carbonyl (C=O) groups excluding carboxylic acids is 1. The second-order valence-electron chi connectivity index (χ2n) is 4.76. The van der Waals surface area contributed by atoms with Crippen LogP contribution in [0, 0.1) is 0 Å². The Morgan fingerprint density at radius 1 is 1.17 bits per heavy atom. The van der Waals surface area contributed by atoms with Crippen molar-refractivity contribution >= 4 is 29.7 Å². The first-order valence-corrected chi connectivity index (χ1v) is 8.14. The maximum absolute atomic E-state index is 12.1. The van der Waals surface area contributed by atoms with E-state index in [1.165, 1.54) is 11.3 Å². The normalized spacial score (nSPS) is 10.1. The van der Waals surface area contributed by atoms with Crippen LogP contribution in [0.4, 0.5) is 0 Å². The maximum Gasteiger partial charge on any atom is 0.263 e. The van der Waals surface area contributed by atoms with Gasteiger partial charge in [0.15, 0.2) is 0 Å². The van der Waals surface area contributed by atoms with E-state index < -0.39 is 0 Å². The van der Waals surface area contributed by atoms with Gasteiger partial charge in [-0.25, -0.2) is 4.98 Å². The van der Waals surface area contributed by atoms with Gasteiger partial charge in [0, 0.05) is 32.3 Å². The topological polar surface area (TPSA) is 72.5 Å².